The second kappa shape index (κ2) is 6.95. The molecule has 1 heterocycles. The van der Waals surface area contributed by atoms with Gasteiger partial charge in [0.25, 0.3) is 5.91 Å². The summed E-state index contributed by atoms with van der Waals surface area (Å²) in [5, 5.41) is 0.897. The van der Waals surface area contributed by atoms with Gasteiger partial charge in [0, 0.05) is 9.50 Å². The van der Waals surface area contributed by atoms with Crippen molar-refractivity contribution >= 4 is 85.1 Å². The summed E-state index contributed by atoms with van der Waals surface area (Å²) in [5.41, 5.74) is 1.47. The molecular weight excluding hydrogens is 437 g/mol. The van der Waals surface area contributed by atoms with Gasteiger partial charge in [-0.25, -0.2) is 0 Å². The molecule has 1 amide bonds. The van der Waals surface area contributed by atoms with E-state index >= 15 is 0 Å². The van der Waals surface area contributed by atoms with Gasteiger partial charge in [-0.3, -0.25) is 9.69 Å². The van der Waals surface area contributed by atoms with Crippen LogP contribution in [-0.2, 0) is 4.79 Å². The summed E-state index contributed by atoms with van der Waals surface area (Å²) in [6.45, 7) is 0. The highest BCUT2D eigenvalue weighted by molar-refractivity contribution is 9.10. The molecule has 3 rings (SSSR count). The zero-order valence-corrected chi connectivity index (χ0v) is 16.2. The summed E-state index contributed by atoms with van der Waals surface area (Å²) in [6.07, 6.45) is 1.82. The van der Waals surface area contributed by atoms with Crippen molar-refractivity contribution in [1.29, 1.82) is 0 Å². The minimum Gasteiger partial charge on any atom is -0.268 e. The number of halogens is 3. The smallest absolute Gasteiger partial charge is 0.268 e. The van der Waals surface area contributed by atoms with E-state index in [4.69, 9.17) is 35.4 Å². The average Bonchev–Trinajstić information content (AvgIpc) is 2.77. The first-order valence-electron chi connectivity index (χ1n) is 6.44. The lowest BCUT2D eigenvalue weighted by Gasteiger charge is -2.16. The molecule has 1 aliphatic rings. The fourth-order valence-corrected chi connectivity index (χ4v) is 4.09. The van der Waals surface area contributed by atoms with Gasteiger partial charge in [-0.15, -0.1) is 0 Å². The number of rotatable bonds is 2. The Bertz CT molecular complexity index is 836. The van der Waals surface area contributed by atoms with Gasteiger partial charge in [0.1, 0.15) is 0 Å². The van der Waals surface area contributed by atoms with Crippen LogP contribution in [0.3, 0.4) is 0 Å². The Hall–Kier alpha value is -0.850. The minimum absolute atomic E-state index is 0.188. The van der Waals surface area contributed by atoms with E-state index in [-0.39, 0.29) is 5.91 Å². The SMILES string of the molecule is O=C1C(=Cc2ccc(Br)cc2)SC(=S)N1c1ccc(Cl)cc1Cl. The third-order valence-electron chi connectivity index (χ3n) is 3.11. The van der Waals surface area contributed by atoms with Crippen LogP contribution in [0.15, 0.2) is 51.8 Å². The normalized spacial score (nSPS) is 16.5. The standard InChI is InChI=1S/C16H8BrCl2NOS2/c17-10-3-1-9(2-4-10)7-14-15(21)20(16(22)23-14)13-6-5-11(18)8-12(13)19/h1-8H. The topological polar surface area (TPSA) is 20.3 Å². The van der Waals surface area contributed by atoms with Crippen molar-refractivity contribution in [3.8, 4) is 0 Å². The maximum atomic E-state index is 12.7. The Morgan fingerprint density at radius 3 is 2.48 bits per heavy atom. The minimum atomic E-state index is -0.188. The van der Waals surface area contributed by atoms with E-state index in [9.17, 15) is 4.79 Å². The van der Waals surface area contributed by atoms with Gasteiger partial charge in [0.15, 0.2) is 4.32 Å². The molecule has 7 heteroatoms. The predicted octanol–water partition coefficient (Wildman–Crippen LogP) is 6.16. The number of anilines is 1. The van der Waals surface area contributed by atoms with Crippen molar-refractivity contribution in [3.05, 3.63) is 67.5 Å². The molecule has 0 N–H and O–H groups in total. The molecule has 23 heavy (non-hydrogen) atoms. The number of hydrogen-bond acceptors (Lipinski definition) is 3. The molecule has 0 saturated carbocycles. The fraction of sp³-hybridized carbons (Fsp3) is 0. The van der Waals surface area contributed by atoms with Crippen LogP contribution < -0.4 is 4.90 Å². The van der Waals surface area contributed by atoms with Crippen molar-refractivity contribution in [2.45, 2.75) is 0 Å². The molecule has 0 aromatic heterocycles. The van der Waals surface area contributed by atoms with Gasteiger partial charge in [-0.05, 0) is 42.0 Å². The monoisotopic (exact) mass is 443 g/mol. The molecule has 2 aromatic carbocycles. The number of thioether (sulfide) groups is 1. The first-order chi connectivity index (χ1) is 11.0. The van der Waals surface area contributed by atoms with Crippen LogP contribution in [0.2, 0.25) is 10.0 Å². The lowest BCUT2D eigenvalue weighted by Crippen LogP contribution is -2.27. The number of thiocarbonyl (C=S) groups is 1. The molecule has 0 aliphatic carbocycles. The van der Waals surface area contributed by atoms with E-state index < -0.39 is 0 Å². The maximum absolute atomic E-state index is 12.7. The van der Waals surface area contributed by atoms with E-state index in [1.807, 2.05) is 30.3 Å². The van der Waals surface area contributed by atoms with Crippen molar-refractivity contribution in [2.75, 3.05) is 4.90 Å². The number of hydrogen-bond donors (Lipinski definition) is 0. The molecule has 0 atom stereocenters. The van der Waals surface area contributed by atoms with Gasteiger partial charge < -0.3 is 0 Å². The van der Waals surface area contributed by atoms with Gasteiger partial charge in [0.2, 0.25) is 0 Å². The highest BCUT2D eigenvalue weighted by Gasteiger charge is 2.34. The van der Waals surface area contributed by atoms with Gasteiger partial charge in [-0.1, -0.05) is 75.2 Å². The average molecular weight is 445 g/mol. The number of nitrogens with zero attached hydrogens (tertiary/aromatic N) is 1. The van der Waals surface area contributed by atoms with Crippen LogP contribution in [0.4, 0.5) is 5.69 Å². The molecule has 1 saturated heterocycles. The number of carbonyl (C=O) groups excluding carboxylic acids is 1. The maximum Gasteiger partial charge on any atom is 0.270 e. The van der Waals surface area contributed by atoms with Crippen LogP contribution in [0, 0.1) is 0 Å². The summed E-state index contributed by atoms with van der Waals surface area (Å²) in [5.74, 6) is -0.188. The van der Waals surface area contributed by atoms with E-state index in [1.165, 1.54) is 16.7 Å². The molecular formula is C16H8BrCl2NOS2. The summed E-state index contributed by atoms with van der Waals surface area (Å²) in [4.78, 5) is 14.7. The number of benzene rings is 2. The zero-order chi connectivity index (χ0) is 16.6. The van der Waals surface area contributed by atoms with Crippen molar-refractivity contribution in [1.82, 2.24) is 0 Å². The molecule has 2 nitrogen and oxygen atoms in total. The van der Waals surface area contributed by atoms with Crippen LogP contribution in [0.1, 0.15) is 5.56 Å². The zero-order valence-electron chi connectivity index (χ0n) is 11.4. The van der Waals surface area contributed by atoms with E-state index in [0.29, 0.717) is 25.0 Å². The first kappa shape index (κ1) is 17.0. The molecule has 0 unspecified atom stereocenters. The Kier molecular flexibility index (Phi) is 5.13. The second-order valence-electron chi connectivity index (χ2n) is 4.66. The predicted molar refractivity (Wildman–Crippen MR) is 106 cm³/mol. The van der Waals surface area contributed by atoms with E-state index in [0.717, 1.165) is 10.0 Å². The molecule has 0 spiro atoms. The molecule has 116 valence electrons. The summed E-state index contributed by atoms with van der Waals surface area (Å²) < 4.78 is 1.43. The first-order valence-corrected chi connectivity index (χ1v) is 9.21. The fourth-order valence-electron chi connectivity index (χ4n) is 2.05. The van der Waals surface area contributed by atoms with Crippen LogP contribution >= 0.6 is 63.1 Å². The summed E-state index contributed by atoms with van der Waals surface area (Å²) in [6, 6.07) is 12.6. The van der Waals surface area contributed by atoms with Crippen LogP contribution in [0.25, 0.3) is 6.08 Å². The van der Waals surface area contributed by atoms with Crippen LogP contribution in [-0.4, -0.2) is 10.2 Å². The van der Waals surface area contributed by atoms with Crippen molar-refractivity contribution < 1.29 is 4.79 Å². The third kappa shape index (κ3) is 3.64. The van der Waals surface area contributed by atoms with Gasteiger partial charge >= 0.3 is 0 Å². The van der Waals surface area contributed by atoms with E-state index in [2.05, 4.69) is 15.9 Å². The molecule has 2 aromatic rings. The molecule has 0 bridgehead atoms. The third-order valence-corrected chi connectivity index (χ3v) is 5.48. The summed E-state index contributed by atoms with van der Waals surface area (Å²) >= 11 is 22.1. The van der Waals surface area contributed by atoms with Crippen molar-refractivity contribution in [3.63, 3.8) is 0 Å². The Morgan fingerprint density at radius 2 is 1.83 bits per heavy atom. The van der Waals surface area contributed by atoms with Gasteiger partial charge in [0.05, 0.1) is 15.6 Å². The largest absolute Gasteiger partial charge is 0.270 e. The summed E-state index contributed by atoms with van der Waals surface area (Å²) in [7, 11) is 0. The molecule has 1 aliphatic heterocycles. The Morgan fingerprint density at radius 1 is 1.13 bits per heavy atom. The molecule has 0 radical (unpaired) electrons. The quantitative estimate of drug-likeness (QED) is 0.408. The van der Waals surface area contributed by atoms with E-state index in [1.54, 1.807) is 18.2 Å². The lowest BCUT2D eigenvalue weighted by molar-refractivity contribution is -0.113. The Balaban J connectivity index is 1.95. The van der Waals surface area contributed by atoms with Crippen LogP contribution in [0.5, 0.6) is 0 Å². The Labute approximate surface area is 161 Å². The number of amides is 1. The van der Waals surface area contributed by atoms with Crippen molar-refractivity contribution in [2.24, 2.45) is 0 Å². The lowest BCUT2D eigenvalue weighted by atomic mass is 10.2. The number of carbonyl (C=O) groups is 1. The highest BCUT2D eigenvalue weighted by Crippen LogP contribution is 2.39. The van der Waals surface area contributed by atoms with Gasteiger partial charge in [-0.2, -0.15) is 0 Å². The molecule has 1 fully saturated rings. The highest BCUT2D eigenvalue weighted by atomic mass is 79.9. The second-order valence-corrected chi connectivity index (χ2v) is 8.10.